The lowest BCUT2D eigenvalue weighted by Gasteiger charge is -2.16. The van der Waals surface area contributed by atoms with Gasteiger partial charge in [-0.05, 0) is 11.6 Å². The van der Waals surface area contributed by atoms with Crippen LogP contribution >= 0.6 is 0 Å². The summed E-state index contributed by atoms with van der Waals surface area (Å²) in [5, 5.41) is 0. The van der Waals surface area contributed by atoms with Crippen molar-refractivity contribution in [3.05, 3.63) is 35.5 Å². The molecular formula is C10H7NO2. The molecule has 0 saturated heterocycles. The summed E-state index contributed by atoms with van der Waals surface area (Å²) in [5.74, 6) is -0.559. The Bertz CT molecular complexity index is 386. The average molecular weight is 173 g/mol. The van der Waals surface area contributed by atoms with Crippen LogP contribution in [0.3, 0.4) is 0 Å². The summed E-state index contributed by atoms with van der Waals surface area (Å²) in [6.45, 7) is 0. The monoisotopic (exact) mass is 173 g/mol. The highest BCUT2D eigenvalue weighted by Gasteiger charge is 2.23. The van der Waals surface area contributed by atoms with Gasteiger partial charge in [-0.25, -0.2) is 4.99 Å². The van der Waals surface area contributed by atoms with Crippen molar-refractivity contribution in [2.45, 2.75) is 0 Å². The second-order valence-electron chi connectivity index (χ2n) is 2.88. The van der Waals surface area contributed by atoms with Crippen LogP contribution < -0.4 is 0 Å². The number of allylic oxidation sites excluding steroid dienone is 4. The van der Waals surface area contributed by atoms with Gasteiger partial charge in [0.15, 0.2) is 0 Å². The number of nitrogens with zero attached hydrogens (tertiary/aromatic N) is 1. The number of carbonyl (C=O) groups is 2. The second kappa shape index (κ2) is 2.94. The van der Waals surface area contributed by atoms with Crippen molar-refractivity contribution in [3.8, 4) is 0 Å². The quantitative estimate of drug-likeness (QED) is 0.551. The normalized spacial score (nSPS) is 24.9. The van der Waals surface area contributed by atoms with E-state index in [9.17, 15) is 9.59 Å². The first-order chi connectivity index (χ1) is 6.31. The van der Waals surface area contributed by atoms with E-state index in [1.165, 1.54) is 6.21 Å². The number of hydrogen-bond acceptors (Lipinski definition) is 2. The molecule has 0 saturated carbocycles. The van der Waals surface area contributed by atoms with Gasteiger partial charge in [-0.2, -0.15) is 0 Å². The lowest BCUT2D eigenvalue weighted by atomic mass is 9.89. The lowest BCUT2D eigenvalue weighted by Crippen LogP contribution is -2.17. The average Bonchev–Trinajstić information content (AvgIpc) is 2.18. The van der Waals surface area contributed by atoms with Gasteiger partial charge in [0.2, 0.25) is 0 Å². The molecular weight excluding hydrogens is 166 g/mol. The molecule has 0 aromatic rings. The summed E-state index contributed by atoms with van der Waals surface area (Å²) in [4.78, 5) is 25.4. The van der Waals surface area contributed by atoms with Crippen molar-refractivity contribution in [1.82, 2.24) is 0 Å². The van der Waals surface area contributed by atoms with Crippen LogP contribution in [0.5, 0.6) is 0 Å². The van der Waals surface area contributed by atoms with E-state index in [4.69, 9.17) is 0 Å². The summed E-state index contributed by atoms with van der Waals surface area (Å²) in [6, 6.07) is 0. The molecule has 0 aromatic heterocycles. The minimum atomic E-state index is -0.352. The Hall–Kier alpha value is -1.77. The van der Waals surface area contributed by atoms with E-state index in [2.05, 4.69) is 4.99 Å². The molecule has 1 amide bonds. The first-order valence-corrected chi connectivity index (χ1v) is 3.94. The van der Waals surface area contributed by atoms with Crippen LogP contribution in [-0.4, -0.2) is 18.4 Å². The maximum absolute atomic E-state index is 11.3. The third kappa shape index (κ3) is 1.28. The number of aldehydes is 1. The largest absolute Gasteiger partial charge is 0.298 e. The van der Waals surface area contributed by atoms with Gasteiger partial charge in [-0.1, -0.05) is 18.2 Å². The Balaban J connectivity index is 2.41. The zero-order valence-electron chi connectivity index (χ0n) is 6.81. The van der Waals surface area contributed by atoms with E-state index in [0.29, 0.717) is 5.57 Å². The molecule has 0 fully saturated rings. The van der Waals surface area contributed by atoms with Gasteiger partial charge in [0, 0.05) is 11.8 Å². The number of carbonyl (C=O) groups excluding carboxylic acids is 2. The van der Waals surface area contributed by atoms with E-state index in [1.807, 2.05) is 0 Å². The number of fused-ring (bicyclic) bond motifs is 1. The number of amides is 1. The minimum Gasteiger partial charge on any atom is -0.298 e. The Morgan fingerprint density at radius 3 is 3.00 bits per heavy atom. The van der Waals surface area contributed by atoms with Crippen LogP contribution in [0.2, 0.25) is 0 Å². The molecule has 13 heavy (non-hydrogen) atoms. The zero-order chi connectivity index (χ0) is 9.26. The summed E-state index contributed by atoms with van der Waals surface area (Å²) in [5.41, 5.74) is 1.43. The molecule has 0 aromatic carbocycles. The molecule has 3 heteroatoms. The van der Waals surface area contributed by atoms with Gasteiger partial charge in [-0.3, -0.25) is 9.59 Å². The van der Waals surface area contributed by atoms with Crippen molar-refractivity contribution in [2.24, 2.45) is 10.9 Å². The van der Waals surface area contributed by atoms with Gasteiger partial charge in [-0.15, -0.1) is 0 Å². The Kier molecular flexibility index (Phi) is 1.77. The minimum absolute atomic E-state index is 0.207. The topological polar surface area (TPSA) is 46.5 Å². The molecule has 3 nitrogen and oxygen atoms in total. The zero-order valence-corrected chi connectivity index (χ0v) is 6.81. The summed E-state index contributed by atoms with van der Waals surface area (Å²) < 4.78 is 0. The lowest BCUT2D eigenvalue weighted by molar-refractivity contribution is -0.119. The molecule has 0 N–H and O–H groups in total. The number of rotatable bonds is 1. The molecule has 1 atom stereocenters. The first-order valence-electron chi connectivity index (χ1n) is 3.94. The smallest absolute Gasteiger partial charge is 0.257 e. The van der Waals surface area contributed by atoms with Crippen LogP contribution in [-0.2, 0) is 9.59 Å². The first kappa shape index (κ1) is 7.86. The molecule has 0 radical (unpaired) electrons. The maximum atomic E-state index is 11.3. The van der Waals surface area contributed by atoms with Crippen molar-refractivity contribution in [2.75, 3.05) is 0 Å². The van der Waals surface area contributed by atoms with E-state index in [0.717, 1.165) is 11.9 Å². The molecule has 1 aliphatic heterocycles. The third-order valence-corrected chi connectivity index (χ3v) is 2.06. The van der Waals surface area contributed by atoms with Gasteiger partial charge in [0.05, 0.1) is 5.92 Å². The van der Waals surface area contributed by atoms with Gasteiger partial charge >= 0.3 is 0 Å². The number of hydrogen-bond donors (Lipinski definition) is 0. The predicted molar refractivity (Wildman–Crippen MR) is 48.4 cm³/mol. The molecule has 2 rings (SSSR count). The van der Waals surface area contributed by atoms with Crippen molar-refractivity contribution >= 4 is 18.4 Å². The van der Waals surface area contributed by atoms with E-state index in [1.54, 1.807) is 24.3 Å². The summed E-state index contributed by atoms with van der Waals surface area (Å²) in [6.07, 6.45) is 9.11. The highest BCUT2D eigenvalue weighted by Crippen LogP contribution is 2.24. The van der Waals surface area contributed by atoms with Crippen molar-refractivity contribution in [1.29, 1.82) is 0 Å². The Morgan fingerprint density at radius 2 is 2.23 bits per heavy atom. The fourth-order valence-electron chi connectivity index (χ4n) is 1.37. The Labute approximate surface area is 75.2 Å². The maximum Gasteiger partial charge on any atom is 0.257 e. The highest BCUT2D eigenvalue weighted by atomic mass is 16.1. The highest BCUT2D eigenvalue weighted by molar-refractivity contribution is 5.99. The van der Waals surface area contributed by atoms with E-state index >= 15 is 0 Å². The second-order valence-corrected chi connectivity index (χ2v) is 2.88. The van der Waals surface area contributed by atoms with Crippen LogP contribution in [0, 0.1) is 5.92 Å². The molecule has 0 spiro atoms. The summed E-state index contributed by atoms with van der Waals surface area (Å²) in [7, 11) is 0. The molecule has 64 valence electrons. The molecule has 0 bridgehead atoms. The SMILES string of the molecule is O=CC1=CC2C(=O)N=CC=C2C=C1. The summed E-state index contributed by atoms with van der Waals surface area (Å²) >= 11 is 0. The Morgan fingerprint density at radius 1 is 1.38 bits per heavy atom. The van der Waals surface area contributed by atoms with Crippen LogP contribution in [0.15, 0.2) is 40.4 Å². The van der Waals surface area contributed by atoms with Crippen LogP contribution in [0.4, 0.5) is 0 Å². The fraction of sp³-hybridized carbons (Fsp3) is 0.100. The fourth-order valence-corrected chi connectivity index (χ4v) is 1.37. The van der Waals surface area contributed by atoms with E-state index in [-0.39, 0.29) is 11.8 Å². The van der Waals surface area contributed by atoms with Crippen molar-refractivity contribution in [3.63, 3.8) is 0 Å². The number of dihydropyridines is 1. The van der Waals surface area contributed by atoms with Crippen LogP contribution in [0.25, 0.3) is 0 Å². The van der Waals surface area contributed by atoms with Gasteiger partial charge < -0.3 is 0 Å². The van der Waals surface area contributed by atoms with Crippen LogP contribution in [0.1, 0.15) is 0 Å². The van der Waals surface area contributed by atoms with Crippen molar-refractivity contribution < 1.29 is 9.59 Å². The predicted octanol–water partition coefficient (Wildman–Crippen LogP) is 0.835. The van der Waals surface area contributed by atoms with E-state index < -0.39 is 0 Å². The number of aliphatic imine (C=N–C) groups is 1. The molecule has 1 unspecified atom stereocenters. The van der Waals surface area contributed by atoms with Gasteiger partial charge in [0.25, 0.3) is 5.91 Å². The molecule has 2 aliphatic rings. The molecule has 1 aliphatic carbocycles. The standard InChI is InChI=1S/C10H7NO2/c12-6-7-1-2-8-3-4-11-10(13)9(8)5-7/h1-6,9H. The van der Waals surface area contributed by atoms with Gasteiger partial charge in [0.1, 0.15) is 6.29 Å². The molecule has 1 heterocycles. The third-order valence-electron chi connectivity index (χ3n) is 2.06.